The number of rotatable bonds is 6. The van der Waals surface area contributed by atoms with Gasteiger partial charge in [0, 0.05) is 27.1 Å². The quantitative estimate of drug-likeness (QED) is 0.513. The van der Waals surface area contributed by atoms with Crippen molar-refractivity contribution in [3.63, 3.8) is 0 Å². The van der Waals surface area contributed by atoms with Crippen molar-refractivity contribution in [3.8, 4) is 0 Å². The van der Waals surface area contributed by atoms with Crippen LogP contribution in [0.4, 0.5) is 17.1 Å². The lowest BCUT2D eigenvalue weighted by Gasteiger charge is -2.12. The zero-order chi connectivity index (χ0) is 19.9. The molecular formula is C21H17Cl2N3O2. The van der Waals surface area contributed by atoms with Gasteiger partial charge in [0.15, 0.2) is 0 Å². The van der Waals surface area contributed by atoms with E-state index in [1.165, 1.54) is 0 Å². The van der Waals surface area contributed by atoms with Crippen LogP contribution >= 0.6 is 23.2 Å². The monoisotopic (exact) mass is 413 g/mol. The van der Waals surface area contributed by atoms with Crippen molar-refractivity contribution in [1.82, 2.24) is 0 Å². The number of amides is 2. The highest BCUT2D eigenvalue weighted by Gasteiger charge is 2.12. The summed E-state index contributed by atoms with van der Waals surface area (Å²) in [5.41, 5.74) is 2.26. The predicted molar refractivity (Wildman–Crippen MR) is 114 cm³/mol. The van der Waals surface area contributed by atoms with Crippen LogP contribution in [0.25, 0.3) is 0 Å². The average molecular weight is 414 g/mol. The second kappa shape index (κ2) is 9.26. The highest BCUT2D eigenvalue weighted by Crippen LogP contribution is 2.19. The summed E-state index contributed by atoms with van der Waals surface area (Å²) in [4.78, 5) is 24.7. The molecule has 2 amide bonds. The summed E-state index contributed by atoms with van der Waals surface area (Å²) in [6.07, 6.45) is 0. The fraction of sp³-hybridized carbons (Fsp3) is 0.0476. The molecule has 0 aliphatic heterocycles. The largest absolute Gasteiger partial charge is 0.376 e. The Morgan fingerprint density at radius 1 is 0.714 bits per heavy atom. The van der Waals surface area contributed by atoms with Gasteiger partial charge in [0.2, 0.25) is 5.91 Å². The molecule has 3 aromatic rings. The first-order valence-corrected chi connectivity index (χ1v) is 9.22. The van der Waals surface area contributed by atoms with E-state index in [9.17, 15) is 9.59 Å². The zero-order valence-electron chi connectivity index (χ0n) is 14.7. The summed E-state index contributed by atoms with van der Waals surface area (Å²) in [6, 6.07) is 20.6. The van der Waals surface area contributed by atoms with Crippen LogP contribution in [0.15, 0.2) is 72.8 Å². The van der Waals surface area contributed by atoms with Gasteiger partial charge in [-0.2, -0.15) is 0 Å². The number of nitrogens with one attached hydrogen (secondary N) is 3. The Balaban J connectivity index is 1.63. The van der Waals surface area contributed by atoms with Crippen LogP contribution in [0.1, 0.15) is 10.4 Å². The van der Waals surface area contributed by atoms with E-state index in [0.717, 1.165) is 0 Å². The van der Waals surface area contributed by atoms with E-state index in [1.807, 2.05) is 0 Å². The first kappa shape index (κ1) is 19.7. The van der Waals surface area contributed by atoms with Gasteiger partial charge in [-0.1, -0.05) is 35.3 Å². The zero-order valence-corrected chi connectivity index (χ0v) is 16.2. The van der Waals surface area contributed by atoms with Crippen molar-refractivity contribution in [2.75, 3.05) is 22.5 Å². The van der Waals surface area contributed by atoms with Crippen LogP contribution in [0.2, 0.25) is 10.0 Å². The van der Waals surface area contributed by atoms with Crippen molar-refractivity contribution in [2.24, 2.45) is 0 Å². The maximum absolute atomic E-state index is 12.6. The highest BCUT2D eigenvalue weighted by atomic mass is 35.5. The van der Waals surface area contributed by atoms with Crippen LogP contribution in [0, 0.1) is 0 Å². The average Bonchev–Trinajstić information content (AvgIpc) is 2.70. The van der Waals surface area contributed by atoms with Crippen LogP contribution in [-0.2, 0) is 4.79 Å². The van der Waals surface area contributed by atoms with E-state index in [-0.39, 0.29) is 18.4 Å². The molecule has 0 aliphatic rings. The number of carbonyl (C=O) groups is 2. The molecule has 3 rings (SSSR count). The van der Waals surface area contributed by atoms with E-state index < -0.39 is 0 Å². The van der Waals surface area contributed by atoms with Gasteiger partial charge in [-0.3, -0.25) is 9.59 Å². The summed E-state index contributed by atoms with van der Waals surface area (Å²) in [6.45, 7) is 0.00780. The fourth-order valence-electron chi connectivity index (χ4n) is 2.48. The number of hydrogen-bond acceptors (Lipinski definition) is 3. The normalized spacial score (nSPS) is 10.2. The summed E-state index contributed by atoms with van der Waals surface area (Å²) in [5, 5.41) is 9.75. The fourth-order valence-corrected chi connectivity index (χ4v) is 2.73. The third-order valence-corrected chi connectivity index (χ3v) is 4.35. The third-order valence-electron chi connectivity index (χ3n) is 3.84. The lowest BCUT2D eigenvalue weighted by Crippen LogP contribution is -2.23. The molecule has 0 spiro atoms. The molecule has 0 unspecified atom stereocenters. The van der Waals surface area contributed by atoms with Gasteiger partial charge in [0.25, 0.3) is 5.91 Å². The van der Waals surface area contributed by atoms with E-state index in [1.54, 1.807) is 72.8 Å². The van der Waals surface area contributed by atoms with Gasteiger partial charge in [-0.25, -0.2) is 0 Å². The van der Waals surface area contributed by atoms with Crippen molar-refractivity contribution < 1.29 is 9.59 Å². The van der Waals surface area contributed by atoms with Gasteiger partial charge < -0.3 is 16.0 Å². The number of hydrogen-bond donors (Lipinski definition) is 3. The Labute approximate surface area is 172 Å². The van der Waals surface area contributed by atoms with Crippen molar-refractivity contribution in [2.45, 2.75) is 0 Å². The van der Waals surface area contributed by atoms with Crippen LogP contribution in [0.5, 0.6) is 0 Å². The summed E-state index contributed by atoms with van der Waals surface area (Å²) >= 11 is 11.7. The smallest absolute Gasteiger partial charge is 0.257 e. The molecule has 0 aromatic heterocycles. The van der Waals surface area contributed by atoms with Crippen molar-refractivity contribution in [1.29, 1.82) is 0 Å². The number of carbonyl (C=O) groups excluding carboxylic acids is 2. The Morgan fingerprint density at radius 2 is 1.25 bits per heavy atom. The van der Waals surface area contributed by atoms with Crippen molar-refractivity contribution in [3.05, 3.63) is 88.4 Å². The van der Waals surface area contributed by atoms with Crippen LogP contribution in [-0.4, -0.2) is 18.4 Å². The maximum Gasteiger partial charge on any atom is 0.257 e. The molecule has 142 valence electrons. The summed E-state index contributed by atoms with van der Waals surface area (Å²) in [7, 11) is 0. The standard InChI is InChI=1S/C21H17Cl2N3O2/c22-14-5-9-16(10-6-14)25-20(27)13-24-19-4-2-1-3-18(19)21(28)26-17-11-7-15(23)8-12-17/h1-12,24H,13H2,(H,25,27)(H,26,28). The molecule has 0 saturated carbocycles. The molecule has 3 N–H and O–H groups in total. The number of halogens is 2. The Bertz CT molecular complexity index is 974. The molecule has 7 heteroatoms. The summed E-state index contributed by atoms with van der Waals surface area (Å²) in [5.74, 6) is -0.529. The minimum Gasteiger partial charge on any atom is -0.376 e. The van der Waals surface area contributed by atoms with Gasteiger partial charge in [-0.05, 0) is 60.7 Å². The van der Waals surface area contributed by atoms with Crippen molar-refractivity contribution >= 4 is 52.1 Å². The van der Waals surface area contributed by atoms with E-state index in [0.29, 0.717) is 32.7 Å². The molecular weight excluding hydrogens is 397 g/mol. The molecule has 28 heavy (non-hydrogen) atoms. The molecule has 0 heterocycles. The van der Waals surface area contributed by atoms with Crippen LogP contribution in [0.3, 0.4) is 0 Å². The molecule has 0 aliphatic carbocycles. The van der Waals surface area contributed by atoms with E-state index >= 15 is 0 Å². The second-order valence-corrected chi connectivity index (χ2v) is 6.79. The minimum atomic E-state index is -0.288. The Hall–Kier alpha value is -3.02. The number of benzene rings is 3. The summed E-state index contributed by atoms with van der Waals surface area (Å²) < 4.78 is 0. The van der Waals surface area contributed by atoms with Gasteiger partial charge in [0.05, 0.1) is 12.1 Å². The Morgan fingerprint density at radius 3 is 1.86 bits per heavy atom. The molecule has 0 saturated heterocycles. The Kier molecular flexibility index (Phi) is 6.53. The van der Waals surface area contributed by atoms with Gasteiger partial charge in [-0.15, -0.1) is 0 Å². The first-order chi connectivity index (χ1) is 13.5. The van der Waals surface area contributed by atoms with Gasteiger partial charge in [0.1, 0.15) is 0 Å². The number of anilines is 3. The lowest BCUT2D eigenvalue weighted by atomic mass is 10.1. The SMILES string of the molecule is O=C(CNc1ccccc1C(=O)Nc1ccc(Cl)cc1)Nc1ccc(Cl)cc1. The minimum absolute atomic E-state index is 0.00780. The molecule has 3 aromatic carbocycles. The highest BCUT2D eigenvalue weighted by molar-refractivity contribution is 6.31. The molecule has 0 fully saturated rings. The number of para-hydroxylation sites is 1. The van der Waals surface area contributed by atoms with E-state index in [2.05, 4.69) is 16.0 Å². The van der Waals surface area contributed by atoms with E-state index in [4.69, 9.17) is 23.2 Å². The predicted octanol–water partition coefficient (Wildman–Crippen LogP) is 5.30. The molecule has 0 atom stereocenters. The molecule has 0 radical (unpaired) electrons. The van der Waals surface area contributed by atoms with Crippen LogP contribution < -0.4 is 16.0 Å². The van der Waals surface area contributed by atoms with Gasteiger partial charge >= 0.3 is 0 Å². The first-order valence-electron chi connectivity index (χ1n) is 8.46. The molecule has 0 bridgehead atoms. The lowest BCUT2D eigenvalue weighted by molar-refractivity contribution is -0.114. The maximum atomic E-state index is 12.6. The molecule has 5 nitrogen and oxygen atoms in total. The topological polar surface area (TPSA) is 70.2 Å². The second-order valence-electron chi connectivity index (χ2n) is 5.92. The third kappa shape index (κ3) is 5.49.